The topological polar surface area (TPSA) is 54.4 Å². The number of rotatable bonds is 3. The molecule has 0 aliphatic rings. The molecule has 0 fully saturated rings. The Bertz CT molecular complexity index is 400. The Labute approximate surface area is 79.9 Å². The number of benzene rings is 1. The number of aliphatic hydroxyl groups is 1. The van der Waals surface area contributed by atoms with Crippen molar-refractivity contribution in [1.82, 2.24) is 0 Å². The minimum atomic E-state index is -4.77. The van der Waals surface area contributed by atoms with Gasteiger partial charge in [0.15, 0.2) is 0 Å². The van der Waals surface area contributed by atoms with Gasteiger partial charge in [-0.15, -0.1) is 0 Å². The summed E-state index contributed by atoms with van der Waals surface area (Å²) in [5.74, 6) is 0. The molecule has 0 unspecified atom stereocenters. The zero-order valence-electron chi connectivity index (χ0n) is 7.02. The van der Waals surface area contributed by atoms with Crippen molar-refractivity contribution in [3.63, 3.8) is 0 Å². The molecule has 0 aromatic heterocycles. The van der Waals surface area contributed by atoms with E-state index in [2.05, 4.69) is 0 Å². The van der Waals surface area contributed by atoms with Gasteiger partial charge in [-0.2, -0.15) is 8.78 Å². The predicted octanol–water partition coefficient (Wildman–Crippen LogP) is 1.05. The lowest BCUT2D eigenvalue weighted by Crippen LogP contribution is -2.32. The fourth-order valence-electron chi connectivity index (χ4n) is 0.857. The summed E-state index contributed by atoms with van der Waals surface area (Å²) in [6.07, 6.45) is 0. The summed E-state index contributed by atoms with van der Waals surface area (Å²) in [7, 11) is -4.77. The quantitative estimate of drug-likeness (QED) is 0.831. The van der Waals surface area contributed by atoms with Crippen LogP contribution in [0.5, 0.6) is 0 Å². The smallest absolute Gasteiger partial charge is 0.372 e. The monoisotopic (exact) mass is 222 g/mol. The molecular formula is C8H8F2O3S. The number of sulfone groups is 1. The van der Waals surface area contributed by atoms with Gasteiger partial charge in [0, 0.05) is 0 Å². The second-order valence-corrected chi connectivity index (χ2v) is 4.69. The fraction of sp³-hybridized carbons (Fsp3) is 0.250. The van der Waals surface area contributed by atoms with Crippen molar-refractivity contribution in [2.75, 3.05) is 6.61 Å². The Morgan fingerprint density at radius 1 is 1.21 bits per heavy atom. The SMILES string of the molecule is O=S(=O)(c1ccccc1)C(F)(F)CO. The third kappa shape index (κ3) is 1.76. The van der Waals surface area contributed by atoms with Gasteiger partial charge in [-0.3, -0.25) is 0 Å². The summed E-state index contributed by atoms with van der Waals surface area (Å²) >= 11 is 0. The molecule has 0 heterocycles. The molecule has 1 aromatic rings. The third-order valence-corrected chi connectivity index (χ3v) is 3.44. The van der Waals surface area contributed by atoms with Crippen LogP contribution in [0, 0.1) is 0 Å². The molecule has 14 heavy (non-hydrogen) atoms. The van der Waals surface area contributed by atoms with E-state index in [1.807, 2.05) is 0 Å². The molecule has 78 valence electrons. The first-order valence-corrected chi connectivity index (χ1v) is 5.18. The summed E-state index contributed by atoms with van der Waals surface area (Å²) in [6.45, 7) is -1.72. The Hall–Kier alpha value is -1.01. The van der Waals surface area contributed by atoms with Gasteiger partial charge in [-0.1, -0.05) is 18.2 Å². The highest BCUT2D eigenvalue weighted by Crippen LogP contribution is 2.27. The average molecular weight is 222 g/mol. The van der Waals surface area contributed by atoms with Gasteiger partial charge in [-0.05, 0) is 12.1 Å². The molecule has 0 atom stereocenters. The molecule has 0 saturated carbocycles. The van der Waals surface area contributed by atoms with E-state index in [-0.39, 0.29) is 0 Å². The lowest BCUT2D eigenvalue weighted by atomic mass is 10.4. The largest absolute Gasteiger partial charge is 0.389 e. The van der Waals surface area contributed by atoms with Gasteiger partial charge in [0.2, 0.25) is 9.84 Å². The first kappa shape index (κ1) is 11.1. The molecule has 3 nitrogen and oxygen atoms in total. The maximum Gasteiger partial charge on any atom is 0.372 e. The molecule has 0 spiro atoms. The van der Waals surface area contributed by atoms with Crippen LogP contribution in [0.3, 0.4) is 0 Å². The van der Waals surface area contributed by atoms with Crippen molar-refractivity contribution in [3.8, 4) is 0 Å². The van der Waals surface area contributed by atoms with E-state index in [0.29, 0.717) is 0 Å². The zero-order valence-corrected chi connectivity index (χ0v) is 7.84. The van der Waals surface area contributed by atoms with E-state index >= 15 is 0 Å². The van der Waals surface area contributed by atoms with Gasteiger partial charge in [0.25, 0.3) is 0 Å². The molecule has 0 radical (unpaired) electrons. The summed E-state index contributed by atoms with van der Waals surface area (Å²) in [5.41, 5.74) is 0. The van der Waals surface area contributed by atoms with Gasteiger partial charge in [0.1, 0.15) is 6.61 Å². The maximum absolute atomic E-state index is 12.8. The van der Waals surface area contributed by atoms with E-state index in [1.54, 1.807) is 0 Å². The minimum Gasteiger partial charge on any atom is -0.389 e. The van der Waals surface area contributed by atoms with Crippen LogP contribution in [0.15, 0.2) is 35.2 Å². The van der Waals surface area contributed by atoms with Crippen LogP contribution in [0.1, 0.15) is 0 Å². The molecule has 1 rings (SSSR count). The molecule has 0 amide bonds. The normalized spacial score (nSPS) is 12.8. The first-order chi connectivity index (χ1) is 6.42. The molecule has 0 bridgehead atoms. The highest BCUT2D eigenvalue weighted by molar-refractivity contribution is 7.92. The van der Waals surface area contributed by atoms with Crippen molar-refractivity contribution in [2.45, 2.75) is 10.2 Å². The zero-order chi connectivity index (χ0) is 10.8. The highest BCUT2D eigenvalue weighted by Gasteiger charge is 2.45. The number of hydrogen-bond acceptors (Lipinski definition) is 3. The second-order valence-electron chi connectivity index (χ2n) is 2.61. The molecule has 0 aliphatic carbocycles. The maximum atomic E-state index is 12.8. The Morgan fingerprint density at radius 3 is 2.14 bits per heavy atom. The van der Waals surface area contributed by atoms with E-state index in [4.69, 9.17) is 5.11 Å². The molecular weight excluding hydrogens is 214 g/mol. The standard InChI is InChI=1S/C8H8F2O3S/c9-8(10,6-11)14(12,13)7-4-2-1-3-5-7/h1-5,11H,6H2. The fourth-order valence-corrected chi connectivity index (χ4v) is 1.89. The van der Waals surface area contributed by atoms with Crippen LogP contribution in [-0.2, 0) is 9.84 Å². The van der Waals surface area contributed by atoms with Crippen LogP contribution in [-0.4, -0.2) is 25.4 Å². The van der Waals surface area contributed by atoms with Gasteiger partial charge >= 0.3 is 5.25 Å². The lowest BCUT2D eigenvalue weighted by molar-refractivity contribution is 0.0262. The second kappa shape index (κ2) is 3.62. The number of halogens is 2. The molecule has 0 saturated heterocycles. The van der Waals surface area contributed by atoms with Crippen molar-refractivity contribution in [1.29, 1.82) is 0 Å². The predicted molar refractivity (Wildman–Crippen MR) is 45.7 cm³/mol. The highest BCUT2D eigenvalue weighted by atomic mass is 32.2. The number of hydrogen-bond donors (Lipinski definition) is 1. The molecule has 1 N–H and O–H groups in total. The van der Waals surface area contributed by atoms with Crippen LogP contribution >= 0.6 is 0 Å². The first-order valence-electron chi connectivity index (χ1n) is 3.70. The van der Waals surface area contributed by atoms with E-state index in [0.717, 1.165) is 12.1 Å². The van der Waals surface area contributed by atoms with Crippen LogP contribution < -0.4 is 0 Å². The van der Waals surface area contributed by atoms with Crippen molar-refractivity contribution in [3.05, 3.63) is 30.3 Å². The van der Waals surface area contributed by atoms with Crippen molar-refractivity contribution in [2.24, 2.45) is 0 Å². The van der Waals surface area contributed by atoms with Gasteiger partial charge in [-0.25, -0.2) is 8.42 Å². The van der Waals surface area contributed by atoms with Gasteiger partial charge < -0.3 is 5.11 Å². The van der Waals surface area contributed by atoms with E-state index in [1.165, 1.54) is 18.2 Å². The Balaban J connectivity index is 3.23. The Morgan fingerprint density at radius 2 is 1.71 bits per heavy atom. The molecule has 0 aliphatic heterocycles. The van der Waals surface area contributed by atoms with E-state index in [9.17, 15) is 17.2 Å². The Kier molecular flexibility index (Phi) is 2.86. The average Bonchev–Trinajstić information content (AvgIpc) is 2.19. The molecule has 1 aromatic carbocycles. The van der Waals surface area contributed by atoms with Crippen LogP contribution in [0.4, 0.5) is 8.78 Å². The minimum absolute atomic E-state index is 0.501. The van der Waals surface area contributed by atoms with Crippen molar-refractivity contribution >= 4 is 9.84 Å². The third-order valence-electron chi connectivity index (χ3n) is 1.63. The van der Waals surface area contributed by atoms with Crippen LogP contribution in [0.2, 0.25) is 0 Å². The summed E-state index contributed by atoms with van der Waals surface area (Å²) in [4.78, 5) is -0.501. The van der Waals surface area contributed by atoms with Gasteiger partial charge in [0.05, 0.1) is 4.90 Å². The number of aliphatic hydroxyl groups excluding tert-OH is 1. The lowest BCUT2D eigenvalue weighted by Gasteiger charge is -2.13. The summed E-state index contributed by atoms with van der Waals surface area (Å²) in [5, 5.41) is 4.13. The summed E-state index contributed by atoms with van der Waals surface area (Å²) in [6, 6.07) is 6.29. The number of alkyl halides is 2. The summed E-state index contributed by atoms with van der Waals surface area (Å²) < 4.78 is 47.9. The molecule has 6 heteroatoms. The van der Waals surface area contributed by atoms with E-state index < -0.39 is 26.6 Å². The van der Waals surface area contributed by atoms with Crippen LogP contribution in [0.25, 0.3) is 0 Å². The van der Waals surface area contributed by atoms with Crippen molar-refractivity contribution < 1.29 is 22.3 Å².